The second-order valence-electron chi connectivity index (χ2n) is 5.82. The summed E-state index contributed by atoms with van der Waals surface area (Å²) in [5, 5.41) is 7.04. The number of carbonyl (C=O) groups is 1. The van der Waals surface area contributed by atoms with E-state index in [2.05, 4.69) is 15.3 Å². The SMILES string of the molecule is O=C(Cc1c[nH]c2ccccc12)N[C@H](c1ccccc1)c1nccs1. The van der Waals surface area contributed by atoms with Crippen molar-refractivity contribution < 1.29 is 4.79 Å². The van der Waals surface area contributed by atoms with Crippen molar-refractivity contribution in [2.45, 2.75) is 12.5 Å². The van der Waals surface area contributed by atoms with Crippen molar-refractivity contribution in [2.24, 2.45) is 0 Å². The van der Waals surface area contributed by atoms with Gasteiger partial charge in [-0.1, -0.05) is 48.5 Å². The molecule has 2 aromatic carbocycles. The van der Waals surface area contributed by atoms with Gasteiger partial charge in [-0.3, -0.25) is 4.79 Å². The van der Waals surface area contributed by atoms with E-state index >= 15 is 0 Å². The van der Waals surface area contributed by atoms with E-state index in [0.717, 1.165) is 27.0 Å². The van der Waals surface area contributed by atoms with E-state index in [-0.39, 0.29) is 11.9 Å². The lowest BCUT2D eigenvalue weighted by Crippen LogP contribution is -2.30. The molecular formula is C20H17N3OS. The van der Waals surface area contributed by atoms with Crippen molar-refractivity contribution in [1.82, 2.24) is 15.3 Å². The van der Waals surface area contributed by atoms with E-state index in [1.807, 2.05) is 66.2 Å². The molecule has 0 spiro atoms. The lowest BCUT2D eigenvalue weighted by Gasteiger charge is -2.17. The Bertz CT molecular complexity index is 977. The second kappa shape index (κ2) is 6.91. The van der Waals surface area contributed by atoms with Crippen molar-refractivity contribution in [1.29, 1.82) is 0 Å². The number of fused-ring (bicyclic) bond motifs is 1. The first-order chi connectivity index (χ1) is 12.3. The Kier molecular flexibility index (Phi) is 4.31. The van der Waals surface area contributed by atoms with E-state index in [1.165, 1.54) is 0 Å². The molecule has 0 saturated carbocycles. The molecule has 4 rings (SSSR count). The Hall–Kier alpha value is -2.92. The third kappa shape index (κ3) is 3.32. The Morgan fingerprint density at radius 2 is 1.92 bits per heavy atom. The van der Waals surface area contributed by atoms with E-state index in [4.69, 9.17) is 0 Å². The van der Waals surface area contributed by atoms with E-state index < -0.39 is 0 Å². The monoisotopic (exact) mass is 347 g/mol. The highest BCUT2D eigenvalue weighted by Crippen LogP contribution is 2.24. The molecule has 0 aliphatic carbocycles. The number of nitrogens with zero attached hydrogens (tertiary/aromatic N) is 1. The molecule has 0 aliphatic heterocycles. The Balaban J connectivity index is 1.57. The summed E-state index contributed by atoms with van der Waals surface area (Å²) in [5.41, 5.74) is 3.08. The molecule has 0 saturated heterocycles. The standard InChI is InChI=1S/C20H17N3OS/c24-18(12-15-13-22-17-9-5-4-8-16(15)17)23-19(20-21-10-11-25-20)14-6-2-1-3-7-14/h1-11,13,19,22H,12H2,(H,23,24)/t19-/m1/s1. The van der Waals surface area contributed by atoms with Crippen molar-refractivity contribution in [3.8, 4) is 0 Å². The average Bonchev–Trinajstić information content (AvgIpc) is 3.31. The van der Waals surface area contributed by atoms with Crippen LogP contribution in [0.4, 0.5) is 0 Å². The molecular weight excluding hydrogens is 330 g/mol. The van der Waals surface area contributed by atoms with Gasteiger partial charge in [0.05, 0.1) is 6.42 Å². The molecule has 5 heteroatoms. The summed E-state index contributed by atoms with van der Waals surface area (Å²) in [4.78, 5) is 20.3. The zero-order valence-corrected chi connectivity index (χ0v) is 14.3. The van der Waals surface area contributed by atoms with Crippen LogP contribution in [0, 0.1) is 0 Å². The van der Waals surface area contributed by atoms with Gasteiger partial charge in [-0.2, -0.15) is 0 Å². The van der Waals surface area contributed by atoms with Gasteiger partial charge in [0.1, 0.15) is 11.0 Å². The van der Waals surface area contributed by atoms with Crippen LogP contribution in [-0.2, 0) is 11.2 Å². The van der Waals surface area contributed by atoms with Gasteiger partial charge in [0.2, 0.25) is 5.91 Å². The molecule has 0 radical (unpaired) electrons. The third-order valence-corrected chi connectivity index (χ3v) is 5.00. The van der Waals surface area contributed by atoms with Crippen LogP contribution in [0.2, 0.25) is 0 Å². The predicted octanol–water partition coefficient (Wildman–Crippen LogP) is 4.07. The van der Waals surface area contributed by atoms with Crippen molar-refractivity contribution in [3.63, 3.8) is 0 Å². The quantitative estimate of drug-likeness (QED) is 0.572. The zero-order chi connectivity index (χ0) is 17.1. The number of rotatable bonds is 5. The summed E-state index contributed by atoms with van der Waals surface area (Å²) in [5.74, 6) is -0.0196. The maximum Gasteiger partial charge on any atom is 0.225 e. The van der Waals surface area contributed by atoms with Gasteiger partial charge < -0.3 is 10.3 Å². The van der Waals surface area contributed by atoms with Crippen LogP contribution >= 0.6 is 11.3 Å². The van der Waals surface area contributed by atoms with Gasteiger partial charge in [-0.05, 0) is 17.2 Å². The first kappa shape index (κ1) is 15.6. The van der Waals surface area contributed by atoms with Gasteiger partial charge in [-0.15, -0.1) is 11.3 Å². The van der Waals surface area contributed by atoms with Crippen molar-refractivity contribution in [3.05, 3.63) is 88.5 Å². The highest BCUT2D eigenvalue weighted by molar-refractivity contribution is 7.09. The van der Waals surface area contributed by atoms with Crippen LogP contribution in [0.1, 0.15) is 22.2 Å². The summed E-state index contributed by atoms with van der Waals surface area (Å²) in [7, 11) is 0. The smallest absolute Gasteiger partial charge is 0.225 e. The molecule has 4 nitrogen and oxygen atoms in total. The molecule has 2 aromatic heterocycles. The number of thiazole rings is 1. The van der Waals surface area contributed by atoms with Gasteiger partial charge in [0.25, 0.3) is 0 Å². The number of aromatic nitrogens is 2. The molecule has 0 aliphatic rings. The van der Waals surface area contributed by atoms with E-state index in [1.54, 1.807) is 17.5 Å². The minimum Gasteiger partial charge on any atom is -0.361 e. The lowest BCUT2D eigenvalue weighted by molar-refractivity contribution is -0.120. The summed E-state index contributed by atoms with van der Waals surface area (Å²) in [6.45, 7) is 0. The lowest BCUT2D eigenvalue weighted by atomic mass is 10.1. The normalized spacial score (nSPS) is 12.2. The topological polar surface area (TPSA) is 57.8 Å². The van der Waals surface area contributed by atoms with Crippen molar-refractivity contribution in [2.75, 3.05) is 0 Å². The molecule has 4 aromatic rings. The van der Waals surface area contributed by atoms with E-state index in [0.29, 0.717) is 6.42 Å². The molecule has 0 fully saturated rings. The number of hydrogen-bond donors (Lipinski definition) is 2. The highest BCUT2D eigenvalue weighted by Gasteiger charge is 2.19. The Labute approximate surface area is 149 Å². The molecule has 124 valence electrons. The van der Waals surface area contributed by atoms with E-state index in [9.17, 15) is 4.79 Å². The minimum absolute atomic E-state index is 0.0196. The summed E-state index contributed by atoms with van der Waals surface area (Å²) < 4.78 is 0. The number of H-pyrrole nitrogens is 1. The van der Waals surface area contributed by atoms with Gasteiger partial charge in [0, 0.05) is 28.7 Å². The zero-order valence-electron chi connectivity index (χ0n) is 13.5. The van der Waals surface area contributed by atoms with Gasteiger partial charge in [0.15, 0.2) is 0 Å². The van der Waals surface area contributed by atoms with Crippen LogP contribution in [0.3, 0.4) is 0 Å². The van der Waals surface area contributed by atoms with Crippen LogP contribution in [0.5, 0.6) is 0 Å². The number of amides is 1. The van der Waals surface area contributed by atoms with Crippen molar-refractivity contribution >= 4 is 28.1 Å². The minimum atomic E-state index is -0.223. The van der Waals surface area contributed by atoms with Crippen LogP contribution < -0.4 is 5.32 Å². The Morgan fingerprint density at radius 3 is 2.72 bits per heavy atom. The maximum absolute atomic E-state index is 12.7. The average molecular weight is 347 g/mol. The Morgan fingerprint density at radius 1 is 1.12 bits per heavy atom. The number of aromatic amines is 1. The van der Waals surface area contributed by atoms with Crippen LogP contribution in [0.15, 0.2) is 72.4 Å². The number of hydrogen-bond acceptors (Lipinski definition) is 3. The number of carbonyl (C=O) groups excluding carboxylic acids is 1. The van der Waals surface area contributed by atoms with Gasteiger partial charge >= 0.3 is 0 Å². The summed E-state index contributed by atoms with van der Waals surface area (Å²) in [6.07, 6.45) is 4.01. The summed E-state index contributed by atoms with van der Waals surface area (Å²) >= 11 is 1.55. The maximum atomic E-state index is 12.7. The number of nitrogens with one attached hydrogen (secondary N) is 2. The van der Waals surface area contributed by atoms with Gasteiger partial charge in [-0.25, -0.2) is 4.98 Å². The molecule has 0 bridgehead atoms. The predicted molar refractivity (Wildman–Crippen MR) is 101 cm³/mol. The fourth-order valence-corrected chi connectivity index (χ4v) is 3.69. The van der Waals surface area contributed by atoms with Crippen LogP contribution in [-0.4, -0.2) is 15.9 Å². The first-order valence-corrected chi connectivity index (χ1v) is 8.98. The molecule has 0 unspecified atom stereocenters. The largest absolute Gasteiger partial charge is 0.361 e. The molecule has 2 N–H and O–H groups in total. The molecule has 1 amide bonds. The fraction of sp³-hybridized carbons (Fsp3) is 0.100. The third-order valence-electron chi connectivity index (χ3n) is 4.16. The summed E-state index contributed by atoms with van der Waals surface area (Å²) in [6, 6.07) is 17.7. The first-order valence-electron chi connectivity index (χ1n) is 8.10. The van der Waals surface area contributed by atoms with Crippen LogP contribution in [0.25, 0.3) is 10.9 Å². The number of para-hydroxylation sites is 1. The fourth-order valence-electron chi connectivity index (χ4n) is 2.97. The second-order valence-corrected chi connectivity index (χ2v) is 6.74. The number of benzene rings is 2. The highest BCUT2D eigenvalue weighted by atomic mass is 32.1. The molecule has 25 heavy (non-hydrogen) atoms. The molecule has 2 heterocycles. The molecule has 1 atom stereocenters.